The van der Waals surface area contributed by atoms with Crippen LogP contribution < -0.4 is 0 Å². The SMILES string of the molecule is CC(C)OC(=O)OC1O[C@H](CO)[C@@H](OC2O[C@H](CO)[C@H](O)[C@H](O)[C@H]2O)[C@H](O)[C@H]1O. The Morgan fingerprint density at radius 2 is 1.38 bits per heavy atom. The summed E-state index contributed by atoms with van der Waals surface area (Å²) < 4.78 is 25.4. The average Bonchev–Trinajstić information content (AvgIpc) is 2.66. The first-order valence-corrected chi connectivity index (χ1v) is 9.06. The molecule has 13 heteroatoms. The number of carbonyl (C=O) groups is 1. The molecule has 2 rings (SSSR count). The van der Waals surface area contributed by atoms with E-state index in [0.29, 0.717) is 0 Å². The van der Waals surface area contributed by atoms with E-state index in [4.69, 9.17) is 23.7 Å². The van der Waals surface area contributed by atoms with Gasteiger partial charge in [0, 0.05) is 0 Å². The maximum atomic E-state index is 11.6. The summed E-state index contributed by atoms with van der Waals surface area (Å²) in [4.78, 5) is 11.6. The van der Waals surface area contributed by atoms with Crippen LogP contribution in [0.2, 0.25) is 0 Å². The van der Waals surface area contributed by atoms with Gasteiger partial charge in [-0.1, -0.05) is 0 Å². The second kappa shape index (κ2) is 10.3. The van der Waals surface area contributed by atoms with Crippen molar-refractivity contribution >= 4 is 6.16 Å². The van der Waals surface area contributed by atoms with Crippen molar-refractivity contribution in [1.29, 1.82) is 0 Å². The van der Waals surface area contributed by atoms with Crippen molar-refractivity contribution < 1.29 is 64.2 Å². The van der Waals surface area contributed by atoms with Crippen LogP contribution in [0.1, 0.15) is 13.8 Å². The molecule has 0 saturated carbocycles. The van der Waals surface area contributed by atoms with Crippen LogP contribution in [0, 0.1) is 0 Å². The molecule has 10 atom stereocenters. The van der Waals surface area contributed by atoms with Gasteiger partial charge in [0.25, 0.3) is 0 Å². The lowest BCUT2D eigenvalue weighted by Crippen LogP contribution is -2.64. The van der Waals surface area contributed by atoms with E-state index in [-0.39, 0.29) is 0 Å². The molecular formula is C16H28O13. The Labute approximate surface area is 165 Å². The predicted molar refractivity (Wildman–Crippen MR) is 89.1 cm³/mol. The first-order chi connectivity index (χ1) is 13.6. The number of carbonyl (C=O) groups excluding carboxylic acids is 1. The molecule has 0 aromatic carbocycles. The normalized spacial score (nSPS) is 43.2. The van der Waals surface area contributed by atoms with E-state index in [1.807, 2.05) is 0 Å². The van der Waals surface area contributed by atoms with Crippen LogP contribution in [-0.4, -0.2) is 123 Å². The Morgan fingerprint density at radius 1 is 0.828 bits per heavy atom. The summed E-state index contributed by atoms with van der Waals surface area (Å²) in [6.07, 6.45) is -17.8. The fraction of sp³-hybridized carbons (Fsp3) is 0.938. The Kier molecular flexibility index (Phi) is 8.54. The average molecular weight is 428 g/mol. The Balaban J connectivity index is 2.08. The Morgan fingerprint density at radius 3 is 1.93 bits per heavy atom. The van der Waals surface area contributed by atoms with E-state index >= 15 is 0 Å². The second-order valence-electron chi connectivity index (χ2n) is 7.04. The first kappa shape index (κ1) is 24.1. The summed E-state index contributed by atoms with van der Waals surface area (Å²) in [6, 6.07) is 0. The molecule has 0 aromatic heterocycles. The highest BCUT2D eigenvalue weighted by atomic mass is 16.8. The maximum absolute atomic E-state index is 11.6. The molecule has 13 nitrogen and oxygen atoms in total. The zero-order valence-corrected chi connectivity index (χ0v) is 15.8. The van der Waals surface area contributed by atoms with E-state index in [1.54, 1.807) is 13.8 Å². The van der Waals surface area contributed by atoms with E-state index in [1.165, 1.54) is 0 Å². The molecule has 0 aliphatic carbocycles. The van der Waals surface area contributed by atoms with Gasteiger partial charge in [0.1, 0.15) is 48.8 Å². The largest absolute Gasteiger partial charge is 0.510 e. The molecular weight excluding hydrogens is 400 g/mol. The summed E-state index contributed by atoms with van der Waals surface area (Å²) in [5.41, 5.74) is 0. The number of aliphatic hydroxyl groups is 7. The zero-order chi connectivity index (χ0) is 21.9. The van der Waals surface area contributed by atoms with Crippen LogP contribution in [0.4, 0.5) is 4.79 Å². The first-order valence-electron chi connectivity index (χ1n) is 9.06. The summed E-state index contributed by atoms with van der Waals surface area (Å²) in [7, 11) is 0. The molecule has 0 bridgehead atoms. The van der Waals surface area contributed by atoms with E-state index in [2.05, 4.69) is 0 Å². The number of hydrogen-bond donors (Lipinski definition) is 7. The lowest BCUT2D eigenvalue weighted by molar-refractivity contribution is -0.355. The van der Waals surface area contributed by atoms with Gasteiger partial charge in [0.05, 0.1) is 19.3 Å². The molecule has 2 heterocycles. The zero-order valence-electron chi connectivity index (χ0n) is 15.8. The standard InChI is InChI=1S/C16H28O13/c1-5(2)25-16(24)29-15-12(23)10(21)13(7(4-18)27-15)28-14-11(22)9(20)8(19)6(3-17)26-14/h5-15,17-23H,3-4H2,1-2H3/t6-,7-,8+,9+,10-,11-,12-,13-,14?,15?/m1/s1. The smallest absolute Gasteiger partial charge is 0.432 e. The van der Waals surface area contributed by atoms with Gasteiger partial charge in [0.2, 0.25) is 6.29 Å². The van der Waals surface area contributed by atoms with Crippen molar-refractivity contribution in [2.75, 3.05) is 13.2 Å². The Hall–Kier alpha value is -1.13. The monoisotopic (exact) mass is 428 g/mol. The number of hydrogen-bond acceptors (Lipinski definition) is 13. The van der Waals surface area contributed by atoms with Gasteiger partial charge < -0.3 is 59.4 Å². The van der Waals surface area contributed by atoms with Gasteiger partial charge in [0.15, 0.2) is 6.29 Å². The third-order valence-corrected chi connectivity index (χ3v) is 4.50. The topological polar surface area (TPSA) is 205 Å². The van der Waals surface area contributed by atoms with Crippen LogP contribution >= 0.6 is 0 Å². The molecule has 2 aliphatic heterocycles. The summed E-state index contributed by atoms with van der Waals surface area (Å²) in [5, 5.41) is 69.0. The number of ether oxygens (including phenoxy) is 5. The molecule has 2 unspecified atom stereocenters. The molecule has 0 radical (unpaired) electrons. The quantitative estimate of drug-likeness (QED) is 0.203. The summed E-state index contributed by atoms with van der Waals surface area (Å²) in [5.74, 6) is 0. The second-order valence-corrected chi connectivity index (χ2v) is 7.04. The minimum Gasteiger partial charge on any atom is -0.432 e. The highest BCUT2D eigenvalue weighted by molar-refractivity contribution is 5.60. The minimum absolute atomic E-state index is 0.510. The van der Waals surface area contributed by atoms with Gasteiger partial charge in [-0.3, -0.25) is 0 Å². The maximum Gasteiger partial charge on any atom is 0.510 e. The highest BCUT2D eigenvalue weighted by Gasteiger charge is 2.51. The van der Waals surface area contributed by atoms with Crippen molar-refractivity contribution in [3.63, 3.8) is 0 Å². The summed E-state index contributed by atoms with van der Waals surface area (Å²) >= 11 is 0. The lowest BCUT2D eigenvalue weighted by Gasteiger charge is -2.45. The van der Waals surface area contributed by atoms with Crippen LogP contribution in [0.5, 0.6) is 0 Å². The third-order valence-electron chi connectivity index (χ3n) is 4.50. The molecule has 2 saturated heterocycles. The molecule has 2 aliphatic rings. The van der Waals surface area contributed by atoms with Crippen LogP contribution in [0.3, 0.4) is 0 Å². The van der Waals surface area contributed by atoms with Crippen molar-refractivity contribution in [3.8, 4) is 0 Å². The summed E-state index contributed by atoms with van der Waals surface area (Å²) in [6.45, 7) is 1.68. The number of rotatable bonds is 6. The van der Waals surface area contributed by atoms with Gasteiger partial charge in [-0.15, -0.1) is 0 Å². The molecule has 0 amide bonds. The van der Waals surface area contributed by atoms with Crippen LogP contribution in [0.15, 0.2) is 0 Å². The highest BCUT2D eigenvalue weighted by Crippen LogP contribution is 2.29. The lowest BCUT2D eigenvalue weighted by atomic mass is 9.97. The molecule has 2 fully saturated rings. The van der Waals surface area contributed by atoms with Crippen LogP contribution in [0.25, 0.3) is 0 Å². The van der Waals surface area contributed by atoms with Crippen molar-refractivity contribution in [3.05, 3.63) is 0 Å². The molecule has 29 heavy (non-hydrogen) atoms. The predicted octanol–water partition coefficient (Wildman–Crippen LogP) is -3.83. The fourth-order valence-electron chi connectivity index (χ4n) is 2.97. The van der Waals surface area contributed by atoms with Crippen molar-refractivity contribution in [1.82, 2.24) is 0 Å². The fourth-order valence-corrected chi connectivity index (χ4v) is 2.97. The third kappa shape index (κ3) is 5.52. The van der Waals surface area contributed by atoms with Crippen molar-refractivity contribution in [2.45, 2.75) is 81.4 Å². The number of aliphatic hydroxyl groups excluding tert-OH is 7. The van der Waals surface area contributed by atoms with Crippen LogP contribution in [-0.2, 0) is 23.7 Å². The molecule has 7 N–H and O–H groups in total. The molecule has 170 valence electrons. The Bertz CT molecular complexity index is 527. The van der Waals surface area contributed by atoms with Gasteiger partial charge in [-0.2, -0.15) is 0 Å². The van der Waals surface area contributed by atoms with Gasteiger partial charge in [-0.25, -0.2) is 4.79 Å². The van der Waals surface area contributed by atoms with Gasteiger partial charge >= 0.3 is 6.16 Å². The van der Waals surface area contributed by atoms with E-state index in [9.17, 15) is 40.5 Å². The molecule has 0 aromatic rings. The van der Waals surface area contributed by atoms with Crippen molar-refractivity contribution in [2.24, 2.45) is 0 Å². The minimum atomic E-state index is -1.81. The van der Waals surface area contributed by atoms with E-state index in [0.717, 1.165) is 0 Å². The van der Waals surface area contributed by atoms with E-state index < -0.39 is 86.9 Å². The van der Waals surface area contributed by atoms with Gasteiger partial charge in [-0.05, 0) is 13.8 Å². The molecule has 0 spiro atoms.